The van der Waals surface area contributed by atoms with E-state index in [1.165, 1.54) is 49.3 Å². The van der Waals surface area contributed by atoms with E-state index < -0.39 is 15.9 Å². The normalized spacial score (nSPS) is 16.1. The van der Waals surface area contributed by atoms with E-state index in [-0.39, 0.29) is 18.0 Å². The van der Waals surface area contributed by atoms with Crippen LogP contribution in [-0.4, -0.2) is 37.4 Å². The first-order valence-electron chi connectivity index (χ1n) is 13.1. The lowest BCUT2D eigenvalue weighted by Gasteiger charge is -2.21. The molecule has 0 heterocycles. The number of carbonyl (C=O) groups excluding carboxylic acids is 1. The van der Waals surface area contributed by atoms with E-state index in [1.54, 1.807) is 24.3 Å². The highest BCUT2D eigenvalue weighted by Gasteiger charge is 2.26. The Balaban J connectivity index is 1.68. The summed E-state index contributed by atoms with van der Waals surface area (Å²) in [4.78, 5) is 13.0. The lowest BCUT2D eigenvalue weighted by atomic mass is 10.00. The highest BCUT2D eigenvalue weighted by Crippen LogP contribution is 2.20. The molecular weight excluding hydrogens is 538 g/mol. The molecule has 0 unspecified atom stereocenters. The van der Waals surface area contributed by atoms with Crippen LogP contribution in [0.4, 0.5) is 0 Å². The second kappa shape index (κ2) is 15.3. The molecule has 1 aliphatic carbocycles. The number of nitrogens with zero attached hydrogens (tertiary/aromatic N) is 2. The van der Waals surface area contributed by atoms with Crippen LogP contribution in [0, 0.1) is 0 Å². The molecular formula is C28H38BrN3O3S. The van der Waals surface area contributed by atoms with Crippen LogP contribution in [0.5, 0.6) is 0 Å². The van der Waals surface area contributed by atoms with Crippen molar-refractivity contribution in [1.29, 1.82) is 0 Å². The average molecular weight is 577 g/mol. The summed E-state index contributed by atoms with van der Waals surface area (Å²) >= 11 is 3.35. The van der Waals surface area contributed by atoms with Crippen LogP contribution < -0.4 is 5.43 Å². The highest BCUT2D eigenvalue weighted by molar-refractivity contribution is 9.10. The SMILES string of the molecule is O=C(CN(CCc1ccccc1)S(=O)(=O)c1ccc(Br)cc1)NN=C1CCCCCCCCCCC1. The van der Waals surface area contributed by atoms with Crippen molar-refractivity contribution >= 4 is 37.6 Å². The number of rotatable bonds is 8. The molecule has 0 atom stereocenters. The monoisotopic (exact) mass is 575 g/mol. The molecule has 1 N–H and O–H groups in total. The first kappa shape index (κ1) is 28.5. The van der Waals surface area contributed by atoms with Gasteiger partial charge in [-0.05, 0) is 61.9 Å². The van der Waals surface area contributed by atoms with Gasteiger partial charge in [0.15, 0.2) is 0 Å². The van der Waals surface area contributed by atoms with E-state index in [0.29, 0.717) is 6.42 Å². The minimum absolute atomic E-state index is 0.164. The number of amides is 1. The predicted octanol–water partition coefficient (Wildman–Crippen LogP) is 6.46. The smallest absolute Gasteiger partial charge is 0.255 e. The molecule has 0 saturated heterocycles. The summed E-state index contributed by atoms with van der Waals surface area (Å²) in [5, 5.41) is 4.44. The fourth-order valence-corrected chi connectivity index (χ4v) is 6.07. The van der Waals surface area contributed by atoms with Gasteiger partial charge in [0.2, 0.25) is 10.0 Å². The molecule has 1 fully saturated rings. The maximum absolute atomic E-state index is 13.4. The molecule has 0 aromatic heterocycles. The van der Waals surface area contributed by atoms with Crippen LogP contribution in [0.25, 0.3) is 0 Å². The number of nitrogens with one attached hydrogen (secondary N) is 1. The molecule has 2 aromatic rings. The highest BCUT2D eigenvalue weighted by atomic mass is 79.9. The number of carbonyl (C=O) groups is 1. The number of sulfonamides is 1. The van der Waals surface area contributed by atoms with Gasteiger partial charge in [0, 0.05) is 16.7 Å². The molecule has 196 valence electrons. The number of halogens is 1. The Kier molecular flexibility index (Phi) is 12.1. The molecule has 1 aliphatic rings. The predicted molar refractivity (Wildman–Crippen MR) is 149 cm³/mol. The van der Waals surface area contributed by atoms with Crippen LogP contribution in [0.3, 0.4) is 0 Å². The second-order valence-corrected chi connectivity index (χ2v) is 12.3. The van der Waals surface area contributed by atoms with E-state index >= 15 is 0 Å². The lowest BCUT2D eigenvalue weighted by molar-refractivity contribution is -0.121. The van der Waals surface area contributed by atoms with Gasteiger partial charge in [-0.2, -0.15) is 9.41 Å². The van der Waals surface area contributed by atoms with Crippen molar-refractivity contribution in [2.75, 3.05) is 13.1 Å². The Hall–Kier alpha value is -2.03. The van der Waals surface area contributed by atoms with Gasteiger partial charge in [0.1, 0.15) is 0 Å². The summed E-state index contributed by atoms with van der Waals surface area (Å²) in [7, 11) is -3.85. The third-order valence-corrected chi connectivity index (χ3v) is 8.92. The van der Waals surface area contributed by atoms with Gasteiger partial charge < -0.3 is 0 Å². The van der Waals surface area contributed by atoms with Crippen LogP contribution in [0.1, 0.15) is 76.2 Å². The molecule has 0 aliphatic heterocycles. The molecule has 1 amide bonds. The maximum Gasteiger partial charge on any atom is 0.255 e. The lowest BCUT2D eigenvalue weighted by Crippen LogP contribution is -2.40. The Morgan fingerprint density at radius 1 is 0.833 bits per heavy atom. The Bertz CT molecular complexity index is 1060. The van der Waals surface area contributed by atoms with Crippen molar-refractivity contribution in [2.45, 2.75) is 81.9 Å². The fourth-order valence-electron chi connectivity index (χ4n) is 4.41. The van der Waals surface area contributed by atoms with Crippen LogP contribution >= 0.6 is 15.9 Å². The van der Waals surface area contributed by atoms with Crippen LogP contribution in [-0.2, 0) is 21.2 Å². The zero-order valence-corrected chi connectivity index (χ0v) is 23.4. The Morgan fingerprint density at radius 3 is 1.97 bits per heavy atom. The molecule has 0 spiro atoms. The summed E-state index contributed by atoms with van der Waals surface area (Å²) in [6.07, 6.45) is 13.3. The van der Waals surface area contributed by atoms with Gasteiger partial charge in [-0.1, -0.05) is 91.2 Å². The van der Waals surface area contributed by atoms with Crippen molar-refractivity contribution in [3.05, 3.63) is 64.6 Å². The standard InChI is InChI=1S/C28H38BrN3O3S/c29-25-17-19-27(20-18-25)36(34,35)32(22-21-24-13-9-8-10-14-24)23-28(33)31-30-26-15-11-6-4-2-1-3-5-7-12-16-26/h8-10,13-14,17-20H,1-7,11-12,15-16,21-23H2,(H,31,33). The minimum Gasteiger partial charge on any atom is -0.272 e. The maximum atomic E-state index is 13.4. The van der Waals surface area contributed by atoms with Gasteiger partial charge >= 0.3 is 0 Å². The fraction of sp³-hybridized carbons (Fsp3) is 0.500. The van der Waals surface area contributed by atoms with Gasteiger partial charge in [-0.15, -0.1) is 0 Å². The zero-order valence-electron chi connectivity index (χ0n) is 21.0. The van der Waals surface area contributed by atoms with Crippen LogP contribution in [0.15, 0.2) is 69.1 Å². The molecule has 6 nitrogen and oxygen atoms in total. The average Bonchev–Trinajstić information content (AvgIpc) is 2.87. The quantitative estimate of drug-likeness (QED) is 0.367. The Labute approximate surface area is 224 Å². The molecule has 3 rings (SSSR count). The number of hydrazone groups is 1. The molecule has 2 aromatic carbocycles. The van der Waals surface area contributed by atoms with Crippen molar-refractivity contribution < 1.29 is 13.2 Å². The van der Waals surface area contributed by atoms with Gasteiger partial charge in [0.25, 0.3) is 5.91 Å². The summed E-state index contributed by atoms with van der Waals surface area (Å²) in [6.45, 7) is -0.0750. The van der Waals surface area contributed by atoms with E-state index in [9.17, 15) is 13.2 Å². The molecule has 36 heavy (non-hydrogen) atoms. The number of hydrogen-bond acceptors (Lipinski definition) is 4. The second-order valence-electron chi connectivity index (χ2n) is 9.42. The first-order valence-corrected chi connectivity index (χ1v) is 15.3. The van der Waals surface area contributed by atoms with Crippen LogP contribution in [0.2, 0.25) is 0 Å². The summed E-state index contributed by atoms with van der Waals surface area (Å²) in [5.74, 6) is -0.414. The molecule has 1 saturated carbocycles. The Morgan fingerprint density at radius 2 is 1.39 bits per heavy atom. The first-order chi connectivity index (χ1) is 17.4. The molecule has 0 bridgehead atoms. The molecule has 8 heteroatoms. The summed E-state index contributed by atoms with van der Waals surface area (Å²) < 4.78 is 28.9. The largest absolute Gasteiger partial charge is 0.272 e. The number of benzene rings is 2. The van der Waals surface area contributed by atoms with E-state index in [1.807, 2.05) is 30.3 Å². The molecule has 0 radical (unpaired) electrons. The van der Waals surface area contributed by atoms with Gasteiger partial charge in [0.05, 0.1) is 11.4 Å². The third-order valence-electron chi connectivity index (χ3n) is 6.53. The summed E-state index contributed by atoms with van der Waals surface area (Å²) in [6, 6.07) is 16.2. The van der Waals surface area contributed by atoms with Crippen molar-refractivity contribution in [3.63, 3.8) is 0 Å². The number of hydrogen-bond donors (Lipinski definition) is 1. The third kappa shape index (κ3) is 9.79. The van der Waals surface area contributed by atoms with E-state index in [0.717, 1.165) is 41.4 Å². The van der Waals surface area contributed by atoms with Gasteiger partial charge in [-0.3, -0.25) is 4.79 Å². The topological polar surface area (TPSA) is 78.8 Å². The van der Waals surface area contributed by atoms with Crippen molar-refractivity contribution in [1.82, 2.24) is 9.73 Å². The van der Waals surface area contributed by atoms with Gasteiger partial charge in [-0.25, -0.2) is 13.8 Å². The zero-order chi connectivity index (χ0) is 25.6. The summed E-state index contributed by atoms with van der Waals surface area (Å²) in [5.41, 5.74) is 4.69. The van der Waals surface area contributed by atoms with E-state index in [2.05, 4.69) is 26.5 Å². The van der Waals surface area contributed by atoms with E-state index in [4.69, 9.17) is 0 Å². The minimum atomic E-state index is -3.85. The van der Waals surface area contributed by atoms with Crippen molar-refractivity contribution in [3.8, 4) is 0 Å². The van der Waals surface area contributed by atoms with Crippen molar-refractivity contribution in [2.24, 2.45) is 5.10 Å².